The van der Waals surface area contributed by atoms with Crippen LogP contribution in [0.2, 0.25) is 0 Å². The zero-order valence-corrected chi connectivity index (χ0v) is 9.39. The van der Waals surface area contributed by atoms with Crippen molar-refractivity contribution in [2.24, 2.45) is 0 Å². The summed E-state index contributed by atoms with van der Waals surface area (Å²) in [6.45, 7) is -0.0524. The number of rotatable bonds is 3. The molecule has 1 N–H and O–H groups in total. The molecule has 0 amide bonds. The lowest BCUT2D eigenvalue weighted by molar-refractivity contribution is 0.302. The second kappa shape index (κ2) is 5.84. The van der Waals surface area contributed by atoms with Gasteiger partial charge in [0, 0.05) is 11.6 Å². The van der Waals surface area contributed by atoms with Gasteiger partial charge in [-0.2, -0.15) is 0 Å². The maximum atomic E-state index is 13.1. The lowest BCUT2D eigenvalue weighted by atomic mass is 10.2. The largest absolute Gasteiger partial charge is 0.487 e. The number of nitrogens with zero attached hydrogens (tertiary/aromatic N) is 1. The minimum absolute atomic E-state index is 0.209. The lowest BCUT2D eigenvalue weighted by Gasteiger charge is -2.06. The minimum atomic E-state index is -0.412. The van der Waals surface area contributed by atoms with Gasteiger partial charge in [0.05, 0.1) is 11.8 Å². The number of benzene rings is 1. The van der Waals surface area contributed by atoms with Crippen molar-refractivity contribution in [2.45, 2.75) is 6.61 Å². The van der Waals surface area contributed by atoms with Crippen molar-refractivity contribution in [1.29, 1.82) is 0 Å². The maximum Gasteiger partial charge on any atom is 0.138 e. The normalized spacial score (nSPS) is 9.67. The van der Waals surface area contributed by atoms with E-state index in [1.807, 2.05) is 0 Å². The van der Waals surface area contributed by atoms with Gasteiger partial charge in [0.1, 0.15) is 31.0 Å². The van der Waals surface area contributed by atoms with E-state index in [4.69, 9.17) is 9.84 Å². The molecule has 5 heteroatoms. The first kappa shape index (κ1) is 12.1. The van der Waals surface area contributed by atoms with E-state index >= 15 is 0 Å². The Bertz CT molecular complexity index is 570. The third kappa shape index (κ3) is 3.09. The first-order chi connectivity index (χ1) is 8.79. The first-order valence-electron chi connectivity index (χ1n) is 5.20. The van der Waals surface area contributed by atoms with E-state index in [1.165, 1.54) is 30.7 Å². The van der Waals surface area contributed by atoms with Crippen molar-refractivity contribution in [3.05, 3.63) is 47.6 Å². The Labute approximate surface area is 103 Å². The van der Waals surface area contributed by atoms with Crippen LogP contribution in [0.3, 0.4) is 0 Å². The number of aliphatic hydroxyl groups excluding tert-OH is 1. The quantitative estimate of drug-likeness (QED) is 0.839. The molecular formula is C13H10FNO3. The van der Waals surface area contributed by atoms with Gasteiger partial charge in [0.25, 0.3) is 0 Å². The van der Waals surface area contributed by atoms with Crippen molar-refractivity contribution in [2.75, 3.05) is 6.61 Å². The summed E-state index contributed by atoms with van der Waals surface area (Å²) in [5.41, 5.74) is 1.25. The zero-order valence-electron chi connectivity index (χ0n) is 9.39. The molecule has 0 fully saturated rings. The predicted octanol–water partition coefficient (Wildman–Crippen LogP) is 1.74. The molecule has 0 saturated heterocycles. The van der Waals surface area contributed by atoms with E-state index in [0.29, 0.717) is 11.3 Å². The molecular weight excluding hydrogens is 237 g/mol. The average molecular weight is 247 g/mol. The van der Waals surface area contributed by atoms with Gasteiger partial charge in [-0.25, -0.2) is 4.39 Å². The molecule has 1 aromatic heterocycles. The van der Waals surface area contributed by atoms with Crippen LogP contribution in [0.1, 0.15) is 11.1 Å². The van der Waals surface area contributed by atoms with Crippen LogP contribution in [-0.2, 0) is 6.61 Å². The van der Waals surface area contributed by atoms with Crippen LogP contribution < -0.4 is 4.74 Å². The third-order valence-electron chi connectivity index (χ3n) is 2.12. The van der Waals surface area contributed by atoms with Gasteiger partial charge in [0.2, 0.25) is 0 Å². The van der Waals surface area contributed by atoms with E-state index in [0.717, 1.165) is 5.56 Å². The summed E-state index contributed by atoms with van der Waals surface area (Å²) in [6, 6.07) is 4.03. The average Bonchev–Trinajstić information content (AvgIpc) is 2.88. The number of aromatic nitrogens is 1. The van der Waals surface area contributed by atoms with Crippen LogP contribution in [0.25, 0.3) is 0 Å². The van der Waals surface area contributed by atoms with Gasteiger partial charge >= 0.3 is 0 Å². The Hall–Kier alpha value is -2.32. The fourth-order valence-electron chi connectivity index (χ4n) is 1.31. The molecule has 1 aromatic carbocycles. The molecule has 1 heterocycles. The van der Waals surface area contributed by atoms with Gasteiger partial charge in [-0.1, -0.05) is 17.0 Å². The van der Waals surface area contributed by atoms with E-state index < -0.39 is 5.82 Å². The maximum absolute atomic E-state index is 13.1. The summed E-state index contributed by atoms with van der Waals surface area (Å²) in [5, 5.41) is 12.2. The molecule has 0 bridgehead atoms. The summed E-state index contributed by atoms with van der Waals surface area (Å²) in [5.74, 6) is 5.08. The second-order valence-electron chi connectivity index (χ2n) is 3.42. The van der Waals surface area contributed by atoms with Crippen LogP contribution in [0.5, 0.6) is 5.75 Å². The van der Waals surface area contributed by atoms with Gasteiger partial charge in [-0.15, -0.1) is 0 Å². The van der Waals surface area contributed by atoms with E-state index in [2.05, 4.69) is 21.5 Å². The van der Waals surface area contributed by atoms with Crippen LogP contribution in [0.15, 0.2) is 35.2 Å². The minimum Gasteiger partial charge on any atom is -0.487 e. The second-order valence-corrected chi connectivity index (χ2v) is 3.42. The van der Waals surface area contributed by atoms with Crippen LogP contribution in [-0.4, -0.2) is 16.9 Å². The molecule has 0 atom stereocenters. The van der Waals surface area contributed by atoms with Crippen LogP contribution in [0.4, 0.5) is 4.39 Å². The number of halogens is 1. The molecule has 0 saturated carbocycles. The summed E-state index contributed by atoms with van der Waals surface area (Å²) < 4.78 is 23.2. The molecule has 2 rings (SSSR count). The van der Waals surface area contributed by atoms with Gasteiger partial charge < -0.3 is 14.4 Å². The monoisotopic (exact) mass is 247 g/mol. The lowest BCUT2D eigenvalue weighted by Crippen LogP contribution is -1.97. The molecule has 2 aromatic rings. The summed E-state index contributed by atoms with van der Waals surface area (Å²) in [6.07, 6.45) is 2.96. The molecule has 0 spiro atoms. The third-order valence-corrected chi connectivity index (χ3v) is 2.12. The first-order valence-corrected chi connectivity index (χ1v) is 5.20. The Balaban J connectivity index is 2.16. The highest BCUT2D eigenvalue weighted by molar-refractivity contribution is 5.46. The Morgan fingerprint density at radius 1 is 1.44 bits per heavy atom. The summed E-state index contributed by atoms with van der Waals surface area (Å²) in [7, 11) is 0. The van der Waals surface area contributed by atoms with Gasteiger partial charge in [-0.05, 0) is 12.1 Å². The highest BCUT2D eigenvalue weighted by Crippen LogP contribution is 2.20. The zero-order chi connectivity index (χ0) is 12.8. The molecule has 0 aliphatic heterocycles. The molecule has 92 valence electrons. The molecule has 0 radical (unpaired) electrons. The molecule has 18 heavy (non-hydrogen) atoms. The van der Waals surface area contributed by atoms with Gasteiger partial charge in [-0.3, -0.25) is 0 Å². The van der Waals surface area contributed by atoms with Crippen molar-refractivity contribution in [3.63, 3.8) is 0 Å². The van der Waals surface area contributed by atoms with Crippen molar-refractivity contribution in [1.82, 2.24) is 5.16 Å². The Morgan fingerprint density at radius 3 is 3.06 bits per heavy atom. The Kier molecular flexibility index (Phi) is 3.94. The Morgan fingerprint density at radius 2 is 2.33 bits per heavy atom. The number of hydrogen-bond donors (Lipinski definition) is 1. The summed E-state index contributed by atoms with van der Waals surface area (Å²) >= 11 is 0. The number of aliphatic hydroxyl groups is 1. The SMILES string of the molecule is OCC#Cc1ccc(F)cc1OCc1cnoc1. The van der Waals surface area contributed by atoms with Gasteiger partial charge in [0.15, 0.2) is 0 Å². The molecule has 4 nitrogen and oxygen atoms in total. The van der Waals surface area contributed by atoms with Crippen LogP contribution >= 0.6 is 0 Å². The summed E-state index contributed by atoms with van der Waals surface area (Å²) in [4.78, 5) is 0. The number of hydrogen-bond acceptors (Lipinski definition) is 4. The topological polar surface area (TPSA) is 55.5 Å². The van der Waals surface area contributed by atoms with Crippen molar-refractivity contribution >= 4 is 0 Å². The van der Waals surface area contributed by atoms with E-state index in [-0.39, 0.29) is 13.2 Å². The fourth-order valence-corrected chi connectivity index (χ4v) is 1.31. The van der Waals surface area contributed by atoms with E-state index in [1.54, 1.807) is 0 Å². The molecule has 0 aliphatic rings. The smallest absolute Gasteiger partial charge is 0.138 e. The van der Waals surface area contributed by atoms with Crippen molar-refractivity contribution in [3.8, 4) is 17.6 Å². The highest BCUT2D eigenvalue weighted by atomic mass is 19.1. The van der Waals surface area contributed by atoms with E-state index in [9.17, 15) is 4.39 Å². The van der Waals surface area contributed by atoms with Crippen molar-refractivity contribution < 1.29 is 18.8 Å². The highest BCUT2D eigenvalue weighted by Gasteiger charge is 2.05. The number of ether oxygens (including phenoxy) is 1. The molecule has 0 aliphatic carbocycles. The predicted molar refractivity (Wildman–Crippen MR) is 61.2 cm³/mol. The standard InChI is InChI=1S/C13H10FNO3/c14-12-4-3-11(2-1-5-16)13(6-12)17-8-10-7-15-18-9-10/h3-4,6-7,9,16H,5,8H2. The van der Waals surface area contributed by atoms with Crippen LogP contribution in [0, 0.1) is 17.7 Å². The fraction of sp³-hybridized carbons (Fsp3) is 0.154. The molecule has 0 unspecified atom stereocenters.